The second-order valence-corrected chi connectivity index (χ2v) is 6.32. The van der Waals surface area contributed by atoms with E-state index in [9.17, 15) is 4.79 Å². The molecule has 2 N–H and O–H groups in total. The Morgan fingerprint density at radius 3 is 2.74 bits per heavy atom. The summed E-state index contributed by atoms with van der Waals surface area (Å²) in [6.07, 6.45) is 3.53. The third-order valence-electron chi connectivity index (χ3n) is 3.81. The highest BCUT2D eigenvalue weighted by molar-refractivity contribution is 5.78. The highest BCUT2D eigenvalue weighted by Gasteiger charge is 2.20. The first-order valence-corrected chi connectivity index (χ1v) is 7.73. The Balaban J connectivity index is 2.18. The number of nitrogens with zero attached hydrogens (tertiary/aromatic N) is 1. The average molecular weight is 269 g/mol. The van der Waals surface area contributed by atoms with Crippen molar-refractivity contribution in [1.29, 1.82) is 0 Å². The van der Waals surface area contributed by atoms with E-state index < -0.39 is 0 Å². The van der Waals surface area contributed by atoms with Crippen LogP contribution in [0.25, 0.3) is 0 Å². The summed E-state index contributed by atoms with van der Waals surface area (Å²) in [5.41, 5.74) is 0. The Hall–Kier alpha value is -0.610. The van der Waals surface area contributed by atoms with Crippen molar-refractivity contribution in [3.8, 4) is 0 Å². The van der Waals surface area contributed by atoms with Crippen molar-refractivity contribution in [3.05, 3.63) is 0 Å². The second kappa shape index (κ2) is 8.54. The lowest BCUT2D eigenvalue weighted by Crippen LogP contribution is -2.53. The summed E-state index contributed by atoms with van der Waals surface area (Å²) in [5.74, 6) is 0.926. The maximum atomic E-state index is 12.0. The van der Waals surface area contributed by atoms with Gasteiger partial charge in [0.25, 0.3) is 0 Å². The summed E-state index contributed by atoms with van der Waals surface area (Å²) in [7, 11) is 0. The molecule has 0 aliphatic carbocycles. The van der Waals surface area contributed by atoms with Gasteiger partial charge in [-0.05, 0) is 26.2 Å². The van der Waals surface area contributed by atoms with Crippen LogP contribution in [0.15, 0.2) is 0 Å². The average Bonchev–Trinajstić information content (AvgIpc) is 2.31. The van der Waals surface area contributed by atoms with E-state index in [-0.39, 0.29) is 5.91 Å². The first-order chi connectivity index (χ1) is 8.99. The highest BCUT2D eigenvalue weighted by atomic mass is 16.2. The third kappa shape index (κ3) is 6.92. The first-order valence-electron chi connectivity index (χ1n) is 7.73. The van der Waals surface area contributed by atoms with E-state index in [1.807, 2.05) is 0 Å². The molecule has 4 heteroatoms. The van der Waals surface area contributed by atoms with Gasteiger partial charge in [-0.1, -0.05) is 26.7 Å². The second-order valence-electron chi connectivity index (χ2n) is 6.32. The van der Waals surface area contributed by atoms with Crippen molar-refractivity contribution in [2.75, 3.05) is 26.2 Å². The van der Waals surface area contributed by atoms with E-state index in [2.05, 4.69) is 43.2 Å². The zero-order chi connectivity index (χ0) is 14.3. The molecule has 0 spiro atoms. The molecule has 112 valence electrons. The maximum absolute atomic E-state index is 12.0. The molecule has 1 saturated heterocycles. The maximum Gasteiger partial charge on any atom is 0.234 e. The quantitative estimate of drug-likeness (QED) is 0.738. The molecule has 19 heavy (non-hydrogen) atoms. The molecule has 1 amide bonds. The minimum atomic E-state index is 0.172. The predicted molar refractivity (Wildman–Crippen MR) is 80.2 cm³/mol. The minimum absolute atomic E-state index is 0.172. The van der Waals surface area contributed by atoms with Crippen molar-refractivity contribution in [1.82, 2.24) is 15.5 Å². The highest BCUT2D eigenvalue weighted by Crippen LogP contribution is 2.08. The number of piperazine rings is 1. The molecule has 1 heterocycles. The van der Waals surface area contributed by atoms with E-state index >= 15 is 0 Å². The van der Waals surface area contributed by atoms with E-state index in [1.165, 1.54) is 12.8 Å². The van der Waals surface area contributed by atoms with Gasteiger partial charge in [0.15, 0.2) is 0 Å². The van der Waals surface area contributed by atoms with Crippen LogP contribution in [0.5, 0.6) is 0 Å². The number of hydrogen-bond donors (Lipinski definition) is 2. The molecular weight excluding hydrogens is 238 g/mol. The lowest BCUT2D eigenvalue weighted by atomic mass is 10.0. The van der Waals surface area contributed by atoms with Crippen LogP contribution in [0.2, 0.25) is 0 Å². The number of amides is 1. The molecule has 0 radical (unpaired) electrons. The van der Waals surface area contributed by atoms with Gasteiger partial charge in [0.1, 0.15) is 0 Å². The fourth-order valence-corrected chi connectivity index (χ4v) is 2.53. The number of nitrogens with one attached hydrogen (secondary N) is 2. The van der Waals surface area contributed by atoms with E-state index in [1.54, 1.807) is 0 Å². The van der Waals surface area contributed by atoms with Gasteiger partial charge in [-0.25, -0.2) is 0 Å². The zero-order valence-electron chi connectivity index (χ0n) is 13.0. The van der Waals surface area contributed by atoms with Crippen molar-refractivity contribution < 1.29 is 4.79 Å². The zero-order valence-corrected chi connectivity index (χ0v) is 13.0. The molecule has 1 fully saturated rings. The van der Waals surface area contributed by atoms with Crippen LogP contribution in [0.3, 0.4) is 0 Å². The first kappa shape index (κ1) is 16.4. The molecule has 2 atom stereocenters. The van der Waals surface area contributed by atoms with Gasteiger partial charge in [0.2, 0.25) is 5.91 Å². The molecule has 1 rings (SSSR count). The summed E-state index contributed by atoms with van der Waals surface area (Å²) in [4.78, 5) is 14.2. The van der Waals surface area contributed by atoms with Crippen LogP contribution >= 0.6 is 0 Å². The Bertz CT molecular complexity index is 268. The Kier molecular flexibility index (Phi) is 7.39. The topological polar surface area (TPSA) is 44.4 Å². The molecule has 1 aliphatic heterocycles. The molecule has 4 nitrogen and oxygen atoms in total. The van der Waals surface area contributed by atoms with Crippen molar-refractivity contribution >= 4 is 5.91 Å². The van der Waals surface area contributed by atoms with Crippen LogP contribution in [-0.4, -0.2) is 49.1 Å². The van der Waals surface area contributed by atoms with Gasteiger partial charge in [0.05, 0.1) is 6.54 Å². The van der Waals surface area contributed by atoms with Gasteiger partial charge >= 0.3 is 0 Å². The van der Waals surface area contributed by atoms with Gasteiger partial charge in [-0.15, -0.1) is 0 Å². The normalized spacial score (nSPS) is 22.5. The number of carbonyl (C=O) groups excluding carboxylic acids is 1. The number of carbonyl (C=O) groups is 1. The van der Waals surface area contributed by atoms with E-state index in [0.717, 1.165) is 32.0 Å². The van der Waals surface area contributed by atoms with Crippen molar-refractivity contribution in [2.24, 2.45) is 5.92 Å². The molecule has 0 saturated carbocycles. The Morgan fingerprint density at radius 2 is 2.11 bits per heavy atom. The van der Waals surface area contributed by atoms with Gasteiger partial charge in [-0.3, -0.25) is 9.69 Å². The Morgan fingerprint density at radius 1 is 1.37 bits per heavy atom. The van der Waals surface area contributed by atoms with Crippen LogP contribution in [0, 0.1) is 5.92 Å². The van der Waals surface area contributed by atoms with Gasteiger partial charge < -0.3 is 10.6 Å². The van der Waals surface area contributed by atoms with Crippen molar-refractivity contribution in [2.45, 2.75) is 59.0 Å². The SMILES string of the molecule is CC(C)CCCC(C)NC(=O)CN1CCNC[C@@H]1C. The standard InChI is InChI=1S/C15H31N3O/c1-12(2)6-5-7-13(3)17-15(19)11-18-9-8-16-10-14(18)4/h12-14,16H,5-11H2,1-4H3,(H,17,19)/t13?,14-/m0/s1. The van der Waals surface area contributed by atoms with E-state index in [0.29, 0.717) is 18.6 Å². The van der Waals surface area contributed by atoms with Crippen molar-refractivity contribution in [3.63, 3.8) is 0 Å². The van der Waals surface area contributed by atoms with Crippen LogP contribution < -0.4 is 10.6 Å². The number of hydrogen-bond acceptors (Lipinski definition) is 3. The van der Waals surface area contributed by atoms with Gasteiger partial charge in [0, 0.05) is 31.7 Å². The lowest BCUT2D eigenvalue weighted by molar-refractivity contribution is -0.123. The molecule has 0 bridgehead atoms. The third-order valence-corrected chi connectivity index (χ3v) is 3.81. The molecule has 1 aliphatic rings. The van der Waals surface area contributed by atoms with Gasteiger partial charge in [-0.2, -0.15) is 0 Å². The fourth-order valence-electron chi connectivity index (χ4n) is 2.53. The van der Waals surface area contributed by atoms with E-state index in [4.69, 9.17) is 0 Å². The molecule has 0 aromatic carbocycles. The minimum Gasteiger partial charge on any atom is -0.353 e. The number of rotatable bonds is 7. The predicted octanol–water partition coefficient (Wildman–Crippen LogP) is 1.61. The summed E-state index contributed by atoms with van der Waals surface area (Å²) >= 11 is 0. The molecule has 0 aromatic heterocycles. The molecule has 0 aromatic rings. The largest absolute Gasteiger partial charge is 0.353 e. The monoisotopic (exact) mass is 269 g/mol. The van der Waals surface area contributed by atoms with Crippen LogP contribution in [0.1, 0.15) is 47.0 Å². The summed E-state index contributed by atoms with van der Waals surface area (Å²) in [6, 6.07) is 0.750. The molecular formula is C15H31N3O. The fraction of sp³-hybridized carbons (Fsp3) is 0.933. The smallest absolute Gasteiger partial charge is 0.234 e. The van der Waals surface area contributed by atoms with Crippen LogP contribution in [-0.2, 0) is 4.79 Å². The summed E-state index contributed by atoms with van der Waals surface area (Å²) < 4.78 is 0. The summed E-state index contributed by atoms with van der Waals surface area (Å²) in [6.45, 7) is 12.3. The Labute approximate surface area is 118 Å². The van der Waals surface area contributed by atoms with Crippen LogP contribution in [0.4, 0.5) is 0 Å². The molecule has 1 unspecified atom stereocenters. The lowest BCUT2D eigenvalue weighted by Gasteiger charge is -2.33. The summed E-state index contributed by atoms with van der Waals surface area (Å²) in [5, 5.41) is 6.46.